The molecule has 8 heteroatoms. The number of ether oxygens (including phenoxy) is 2. The van der Waals surface area contributed by atoms with E-state index in [4.69, 9.17) is 10.5 Å². The van der Waals surface area contributed by atoms with Crippen LogP contribution in [-0.4, -0.2) is 55.7 Å². The van der Waals surface area contributed by atoms with Gasteiger partial charge in [-0.05, 0) is 17.7 Å². The van der Waals surface area contributed by atoms with Gasteiger partial charge in [0.2, 0.25) is 5.91 Å². The first-order valence-electron chi connectivity index (χ1n) is 7.15. The highest BCUT2D eigenvalue weighted by Gasteiger charge is 2.37. The fourth-order valence-electron chi connectivity index (χ4n) is 2.27. The van der Waals surface area contributed by atoms with Crippen molar-refractivity contribution in [3.63, 3.8) is 0 Å². The quantitative estimate of drug-likeness (QED) is 0.706. The van der Waals surface area contributed by atoms with Crippen LogP contribution in [0.25, 0.3) is 0 Å². The lowest BCUT2D eigenvalue weighted by molar-refractivity contribution is -0.124. The summed E-state index contributed by atoms with van der Waals surface area (Å²) in [5, 5.41) is 2.64. The number of carbonyl (C=O) groups excluding carboxylic acids is 3. The molecule has 0 saturated carbocycles. The van der Waals surface area contributed by atoms with Gasteiger partial charge in [0, 0.05) is 13.1 Å². The van der Waals surface area contributed by atoms with Crippen molar-refractivity contribution in [2.45, 2.75) is 12.6 Å². The lowest BCUT2D eigenvalue weighted by atomic mass is 10.1. The minimum atomic E-state index is -0.712. The molecule has 2 amide bonds. The summed E-state index contributed by atoms with van der Waals surface area (Å²) in [5.74, 6) is -0.779. The first-order chi connectivity index (χ1) is 11.1. The Morgan fingerprint density at radius 2 is 2.26 bits per heavy atom. The van der Waals surface area contributed by atoms with Gasteiger partial charge in [-0.25, -0.2) is 9.59 Å². The molecule has 124 valence electrons. The average Bonchev–Trinajstić information content (AvgIpc) is 2.93. The summed E-state index contributed by atoms with van der Waals surface area (Å²) in [7, 11) is 1.30. The molecule has 0 radical (unpaired) electrons. The summed E-state index contributed by atoms with van der Waals surface area (Å²) in [4.78, 5) is 36.8. The second-order valence-electron chi connectivity index (χ2n) is 4.99. The number of hydrogen-bond donors (Lipinski definition) is 2. The van der Waals surface area contributed by atoms with E-state index in [-0.39, 0.29) is 19.1 Å². The molecule has 2 rings (SSSR count). The maximum absolute atomic E-state index is 12.1. The Hall–Kier alpha value is -2.61. The second kappa shape index (κ2) is 7.59. The average molecular weight is 321 g/mol. The zero-order valence-electron chi connectivity index (χ0n) is 12.8. The summed E-state index contributed by atoms with van der Waals surface area (Å²) in [6, 6.07) is 5.96. The van der Waals surface area contributed by atoms with Gasteiger partial charge in [0.1, 0.15) is 12.6 Å². The monoisotopic (exact) mass is 321 g/mol. The molecular weight excluding hydrogens is 302 g/mol. The number of nitrogens with one attached hydrogen (secondary N) is 1. The molecular formula is C15H19N3O5. The molecule has 1 aliphatic heterocycles. The van der Waals surface area contributed by atoms with Crippen LogP contribution in [-0.2, 0) is 20.8 Å². The first kappa shape index (κ1) is 16.8. The molecule has 1 fully saturated rings. The number of benzene rings is 1. The number of carbonyl (C=O) groups is 3. The Kier molecular flexibility index (Phi) is 5.53. The third kappa shape index (κ3) is 3.98. The molecule has 1 aliphatic rings. The van der Waals surface area contributed by atoms with Crippen molar-refractivity contribution in [3.8, 4) is 0 Å². The fraction of sp³-hybridized carbons (Fsp3) is 0.400. The third-order valence-electron chi connectivity index (χ3n) is 3.42. The SMILES string of the molecule is COC(=O)c1cccc(CN2C(=O)OC[C@H]2C(=O)NCCN)c1. The fourth-order valence-corrected chi connectivity index (χ4v) is 2.27. The summed E-state index contributed by atoms with van der Waals surface area (Å²) in [6.45, 7) is 0.792. The van der Waals surface area contributed by atoms with Gasteiger partial charge in [-0.15, -0.1) is 0 Å². The number of cyclic esters (lactones) is 1. The van der Waals surface area contributed by atoms with E-state index < -0.39 is 18.1 Å². The van der Waals surface area contributed by atoms with E-state index in [0.717, 1.165) is 0 Å². The van der Waals surface area contributed by atoms with Crippen LogP contribution in [0.3, 0.4) is 0 Å². The predicted molar refractivity (Wildman–Crippen MR) is 80.5 cm³/mol. The maximum atomic E-state index is 12.1. The molecule has 3 N–H and O–H groups in total. The number of amides is 2. The van der Waals surface area contributed by atoms with Crippen LogP contribution in [0.5, 0.6) is 0 Å². The normalized spacial score (nSPS) is 16.9. The first-order valence-corrected chi connectivity index (χ1v) is 7.15. The van der Waals surface area contributed by atoms with E-state index >= 15 is 0 Å². The third-order valence-corrected chi connectivity index (χ3v) is 3.42. The molecule has 1 heterocycles. The number of nitrogens with zero attached hydrogens (tertiary/aromatic N) is 1. The molecule has 0 bridgehead atoms. The summed E-state index contributed by atoms with van der Waals surface area (Å²) in [5.41, 5.74) is 6.42. The lowest BCUT2D eigenvalue weighted by Gasteiger charge is -2.21. The van der Waals surface area contributed by atoms with Crippen LogP contribution in [0, 0.1) is 0 Å². The van der Waals surface area contributed by atoms with E-state index in [1.807, 2.05) is 0 Å². The highest BCUT2D eigenvalue weighted by atomic mass is 16.6. The molecule has 23 heavy (non-hydrogen) atoms. The molecule has 0 aliphatic carbocycles. The Balaban J connectivity index is 2.11. The Morgan fingerprint density at radius 3 is 2.96 bits per heavy atom. The molecule has 1 saturated heterocycles. The van der Waals surface area contributed by atoms with Crippen molar-refractivity contribution in [3.05, 3.63) is 35.4 Å². The van der Waals surface area contributed by atoms with Crippen LogP contribution < -0.4 is 11.1 Å². The van der Waals surface area contributed by atoms with Gasteiger partial charge in [0.05, 0.1) is 19.2 Å². The van der Waals surface area contributed by atoms with Gasteiger partial charge in [-0.3, -0.25) is 9.69 Å². The molecule has 1 aromatic carbocycles. The van der Waals surface area contributed by atoms with Crippen molar-refractivity contribution in [2.24, 2.45) is 5.73 Å². The van der Waals surface area contributed by atoms with E-state index in [0.29, 0.717) is 24.2 Å². The van der Waals surface area contributed by atoms with Crippen LogP contribution in [0.15, 0.2) is 24.3 Å². The number of rotatable bonds is 6. The van der Waals surface area contributed by atoms with E-state index in [1.54, 1.807) is 24.3 Å². The standard InChI is InChI=1S/C15H19N3O5/c1-22-14(20)11-4-2-3-10(7-11)8-18-12(9-23-15(18)21)13(19)17-6-5-16/h2-4,7,12H,5-6,8-9,16H2,1H3,(H,17,19)/t12-/m0/s1. The second-order valence-corrected chi connectivity index (χ2v) is 4.99. The molecule has 0 unspecified atom stereocenters. The number of hydrogen-bond acceptors (Lipinski definition) is 6. The van der Waals surface area contributed by atoms with E-state index in [9.17, 15) is 14.4 Å². The number of methoxy groups -OCH3 is 1. The number of esters is 1. The van der Waals surface area contributed by atoms with Crippen molar-refractivity contribution >= 4 is 18.0 Å². The molecule has 0 spiro atoms. The lowest BCUT2D eigenvalue weighted by Crippen LogP contribution is -2.46. The van der Waals surface area contributed by atoms with Crippen LogP contribution in [0.1, 0.15) is 15.9 Å². The molecule has 8 nitrogen and oxygen atoms in total. The van der Waals surface area contributed by atoms with Gasteiger partial charge in [-0.2, -0.15) is 0 Å². The highest BCUT2D eigenvalue weighted by Crippen LogP contribution is 2.18. The van der Waals surface area contributed by atoms with E-state index in [2.05, 4.69) is 10.1 Å². The van der Waals surface area contributed by atoms with Gasteiger partial charge in [-0.1, -0.05) is 12.1 Å². The smallest absolute Gasteiger partial charge is 0.410 e. The van der Waals surface area contributed by atoms with Crippen LogP contribution in [0.2, 0.25) is 0 Å². The van der Waals surface area contributed by atoms with Crippen molar-refractivity contribution in [1.29, 1.82) is 0 Å². The minimum absolute atomic E-state index is 0.00801. The zero-order chi connectivity index (χ0) is 16.8. The summed E-state index contributed by atoms with van der Waals surface area (Å²) in [6.07, 6.45) is -0.568. The molecule has 1 atom stereocenters. The Morgan fingerprint density at radius 1 is 1.48 bits per heavy atom. The summed E-state index contributed by atoms with van der Waals surface area (Å²) < 4.78 is 9.62. The highest BCUT2D eigenvalue weighted by molar-refractivity contribution is 5.90. The van der Waals surface area contributed by atoms with Crippen molar-refractivity contribution in [2.75, 3.05) is 26.8 Å². The topological polar surface area (TPSA) is 111 Å². The van der Waals surface area contributed by atoms with Crippen molar-refractivity contribution < 1.29 is 23.9 Å². The van der Waals surface area contributed by atoms with Gasteiger partial charge >= 0.3 is 12.1 Å². The number of nitrogens with two attached hydrogens (primary N) is 1. The van der Waals surface area contributed by atoms with Gasteiger partial charge in [0.25, 0.3) is 0 Å². The zero-order valence-corrected chi connectivity index (χ0v) is 12.8. The summed E-state index contributed by atoms with van der Waals surface area (Å²) >= 11 is 0. The Labute approximate surface area is 133 Å². The Bertz CT molecular complexity index is 605. The van der Waals surface area contributed by atoms with Gasteiger partial charge in [0.15, 0.2) is 0 Å². The predicted octanol–water partition coefficient (Wildman–Crippen LogP) is -0.131. The molecule has 1 aromatic rings. The van der Waals surface area contributed by atoms with E-state index in [1.165, 1.54) is 12.0 Å². The molecule has 0 aromatic heterocycles. The van der Waals surface area contributed by atoms with Crippen LogP contribution in [0.4, 0.5) is 4.79 Å². The maximum Gasteiger partial charge on any atom is 0.410 e. The van der Waals surface area contributed by atoms with Crippen LogP contribution >= 0.6 is 0 Å². The largest absolute Gasteiger partial charge is 0.465 e. The van der Waals surface area contributed by atoms with Crippen molar-refractivity contribution in [1.82, 2.24) is 10.2 Å². The van der Waals surface area contributed by atoms with Gasteiger partial charge < -0.3 is 20.5 Å². The minimum Gasteiger partial charge on any atom is -0.465 e.